The highest BCUT2D eigenvalue weighted by Gasteiger charge is 2.82. The summed E-state index contributed by atoms with van der Waals surface area (Å²) in [4.78, 5) is 13.4. The third kappa shape index (κ3) is 3.11. The van der Waals surface area contributed by atoms with Crippen LogP contribution in [0.2, 0.25) is 0 Å². The molecular formula is C22H25F4N5O2. The molecule has 33 heavy (non-hydrogen) atoms. The van der Waals surface area contributed by atoms with E-state index in [2.05, 4.69) is 15.5 Å². The monoisotopic (exact) mass is 467 g/mol. The number of benzene rings is 1. The van der Waals surface area contributed by atoms with Gasteiger partial charge in [-0.1, -0.05) is 0 Å². The second-order valence-electron chi connectivity index (χ2n) is 10.0. The van der Waals surface area contributed by atoms with Crippen molar-refractivity contribution < 1.29 is 27.5 Å². The van der Waals surface area contributed by atoms with Crippen LogP contribution >= 0.6 is 0 Å². The van der Waals surface area contributed by atoms with Gasteiger partial charge in [0, 0.05) is 37.1 Å². The minimum absolute atomic E-state index is 0.0167. The van der Waals surface area contributed by atoms with E-state index in [0.29, 0.717) is 19.2 Å². The summed E-state index contributed by atoms with van der Waals surface area (Å²) in [6, 6.07) is 2.20. The topological polar surface area (TPSA) is 84.1 Å². The average molecular weight is 467 g/mol. The van der Waals surface area contributed by atoms with Crippen molar-refractivity contribution >= 4 is 5.91 Å². The zero-order chi connectivity index (χ0) is 23.6. The van der Waals surface area contributed by atoms with Gasteiger partial charge in [-0.2, -0.15) is 0 Å². The number of amides is 1. The van der Waals surface area contributed by atoms with Crippen molar-refractivity contribution in [2.24, 2.45) is 16.7 Å². The number of hydrogen-bond acceptors (Lipinski definition) is 5. The molecule has 3 aliphatic carbocycles. The van der Waals surface area contributed by atoms with E-state index in [1.807, 2.05) is 0 Å². The van der Waals surface area contributed by atoms with Gasteiger partial charge in [-0.3, -0.25) is 4.79 Å². The highest BCUT2D eigenvalue weighted by molar-refractivity contribution is 5.73. The molecule has 4 aliphatic rings. The van der Waals surface area contributed by atoms with E-state index >= 15 is 8.78 Å². The van der Waals surface area contributed by atoms with Gasteiger partial charge in [-0.05, 0) is 66.0 Å². The van der Waals surface area contributed by atoms with E-state index in [0.717, 1.165) is 36.0 Å². The molecule has 11 heteroatoms. The number of nitrogens with zero attached hydrogens (tertiary/aromatic N) is 5. The third-order valence-electron chi connectivity index (χ3n) is 8.22. The molecule has 7 nitrogen and oxygen atoms in total. The Hall–Kier alpha value is -2.56. The smallest absolute Gasteiger partial charge is 0.287 e. The number of piperidine rings is 1. The number of hydrogen-bond donors (Lipinski definition) is 1. The number of likely N-dealkylation sites (tertiary alicyclic amines) is 1. The number of tetrazole rings is 1. The molecule has 4 fully saturated rings. The van der Waals surface area contributed by atoms with Crippen LogP contribution < -0.4 is 0 Å². The van der Waals surface area contributed by atoms with Gasteiger partial charge in [-0.25, -0.2) is 22.2 Å². The molecule has 1 aromatic carbocycles. The van der Waals surface area contributed by atoms with Gasteiger partial charge in [0.2, 0.25) is 5.91 Å². The van der Waals surface area contributed by atoms with Crippen molar-refractivity contribution in [1.82, 2.24) is 25.1 Å². The minimum Gasteiger partial charge on any atom is -0.377 e. The SMILES string of the molecule is CC(=O)N1CCC(C23CC(C(F)(F)[C@](O)(Cn4cnnn4)c4ccc(F)cc4F)(C2)C3)CC1. The lowest BCUT2D eigenvalue weighted by molar-refractivity contribution is -0.382. The number of carbonyl (C=O) groups excluding carboxylic acids is 1. The molecule has 2 heterocycles. The van der Waals surface area contributed by atoms with Crippen LogP contribution in [0.15, 0.2) is 24.5 Å². The molecular weight excluding hydrogens is 442 g/mol. The summed E-state index contributed by atoms with van der Waals surface area (Å²) in [5, 5.41) is 21.8. The first-order chi connectivity index (χ1) is 15.5. The molecule has 1 aromatic heterocycles. The lowest BCUT2D eigenvalue weighted by atomic mass is 9.29. The molecule has 1 N–H and O–H groups in total. The average Bonchev–Trinajstić information content (AvgIpc) is 3.18. The molecule has 0 spiro atoms. The van der Waals surface area contributed by atoms with Crippen LogP contribution in [-0.4, -0.2) is 55.1 Å². The summed E-state index contributed by atoms with van der Waals surface area (Å²) in [7, 11) is 0. The molecule has 1 aliphatic heterocycles. The fraction of sp³-hybridized carbons (Fsp3) is 0.636. The Kier molecular flexibility index (Phi) is 4.86. The van der Waals surface area contributed by atoms with Crippen LogP contribution in [0.25, 0.3) is 0 Å². The Balaban J connectivity index is 1.41. The fourth-order valence-corrected chi connectivity index (χ4v) is 6.54. The molecule has 1 saturated heterocycles. The minimum atomic E-state index is -3.72. The van der Waals surface area contributed by atoms with Gasteiger partial charge in [0.1, 0.15) is 18.0 Å². The highest BCUT2D eigenvalue weighted by Crippen LogP contribution is 2.83. The number of alkyl halides is 2. The highest BCUT2D eigenvalue weighted by atomic mass is 19.3. The second kappa shape index (κ2) is 7.22. The van der Waals surface area contributed by atoms with E-state index < -0.39 is 40.7 Å². The predicted octanol–water partition coefficient (Wildman–Crippen LogP) is 2.90. The number of halogens is 4. The summed E-state index contributed by atoms with van der Waals surface area (Å²) in [5.74, 6) is -5.63. The van der Waals surface area contributed by atoms with Crippen LogP contribution in [0, 0.1) is 28.4 Å². The number of rotatable bonds is 6. The van der Waals surface area contributed by atoms with Crippen LogP contribution in [0.3, 0.4) is 0 Å². The Labute approximate surface area is 187 Å². The van der Waals surface area contributed by atoms with Crippen molar-refractivity contribution in [1.29, 1.82) is 0 Å². The van der Waals surface area contributed by atoms with E-state index in [1.54, 1.807) is 4.90 Å². The summed E-state index contributed by atoms with van der Waals surface area (Å²) in [5.41, 5.74) is -5.36. The maximum absolute atomic E-state index is 16.2. The summed E-state index contributed by atoms with van der Waals surface area (Å²) < 4.78 is 61.4. The first-order valence-corrected chi connectivity index (χ1v) is 11.0. The van der Waals surface area contributed by atoms with E-state index in [4.69, 9.17) is 0 Å². The summed E-state index contributed by atoms with van der Waals surface area (Å²) >= 11 is 0. The largest absolute Gasteiger partial charge is 0.377 e. The van der Waals surface area contributed by atoms with E-state index in [9.17, 15) is 18.7 Å². The van der Waals surface area contributed by atoms with Gasteiger partial charge in [-0.15, -0.1) is 5.10 Å². The molecule has 0 radical (unpaired) electrons. The van der Waals surface area contributed by atoms with E-state index in [1.165, 1.54) is 6.92 Å². The molecule has 3 saturated carbocycles. The molecule has 6 rings (SSSR count). The molecule has 1 amide bonds. The van der Waals surface area contributed by atoms with Gasteiger partial charge in [0.05, 0.1) is 6.54 Å². The first-order valence-electron chi connectivity index (χ1n) is 11.0. The Bertz CT molecular complexity index is 1050. The molecule has 178 valence electrons. The van der Waals surface area contributed by atoms with Gasteiger partial charge < -0.3 is 10.0 Å². The third-order valence-corrected chi connectivity index (χ3v) is 8.22. The van der Waals surface area contributed by atoms with Crippen LogP contribution in [0.4, 0.5) is 17.6 Å². The zero-order valence-electron chi connectivity index (χ0n) is 18.1. The van der Waals surface area contributed by atoms with Crippen molar-refractivity contribution in [2.75, 3.05) is 13.1 Å². The van der Waals surface area contributed by atoms with Crippen LogP contribution in [-0.2, 0) is 16.9 Å². The first kappa shape index (κ1) is 22.2. The molecule has 0 unspecified atom stereocenters. The number of aromatic nitrogens is 4. The lowest BCUT2D eigenvalue weighted by Crippen LogP contribution is -2.76. The second-order valence-corrected chi connectivity index (χ2v) is 10.0. The summed E-state index contributed by atoms with van der Waals surface area (Å²) in [6.07, 6.45) is 3.26. The fourth-order valence-electron chi connectivity index (χ4n) is 6.54. The van der Waals surface area contributed by atoms with Gasteiger partial charge >= 0.3 is 0 Å². The Morgan fingerprint density at radius 2 is 1.88 bits per heavy atom. The van der Waals surface area contributed by atoms with Crippen molar-refractivity contribution in [3.8, 4) is 0 Å². The molecule has 2 aromatic rings. The number of aliphatic hydroxyl groups is 1. The molecule has 2 bridgehead atoms. The van der Waals surface area contributed by atoms with Gasteiger partial charge in [0.15, 0.2) is 5.60 Å². The van der Waals surface area contributed by atoms with E-state index in [-0.39, 0.29) is 36.5 Å². The zero-order valence-corrected chi connectivity index (χ0v) is 18.1. The van der Waals surface area contributed by atoms with Crippen LogP contribution in [0.1, 0.15) is 44.6 Å². The van der Waals surface area contributed by atoms with Crippen LogP contribution in [0.5, 0.6) is 0 Å². The maximum atomic E-state index is 16.2. The quantitative estimate of drug-likeness (QED) is 0.661. The van der Waals surface area contributed by atoms with Gasteiger partial charge in [0.25, 0.3) is 5.92 Å². The standard InChI is InChI=1S/C22H25F4N5O2/c1-14(32)30-6-4-15(5-7-30)19-9-20(10-19,11-19)22(25,26)21(33,12-31-13-27-28-29-31)17-3-2-16(23)8-18(17)24/h2-3,8,13,15,33H,4-7,9-12H2,1H3/t19?,20?,21-/m0/s1. The van der Waals surface area contributed by atoms with Crippen molar-refractivity contribution in [3.63, 3.8) is 0 Å². The molecule has 1 atom stereocenters. The summed E-state index contributed by atoms with van der Waals surface area (Å²) in [6.45, 7) is 1.99. The predicted molar refractivity (Wildman–Crippen MR) is 107 cm³/mol. The van der Waals surface area contributed by atoms with Crippen molar-refractivity contribution in [2.45, 2.75) is 57.1 Å². The number of carbonyl (C=O) groups is 1. The Morgan fingerprint density at radius 3 is 2.42 bits per heavy atom. The maximum Gasteiger partial charge on any atom is 0.287 e. The van der Waals surface area contributed by atoms with Crippen molar-refractivity contribution in [3.05, 3.63) is 41.7 Å². The normalized spacial score (nSPS) is 29.2. The lowest BCUT2D eigenvalue weighted by Gasteiger charge is -2.76. The Morgan fingerprint density at radius 1 is 1.21 bits per heavy atom.